The van der Waals surface area contributed by atoms with Gasteiger partial charge in [0.25, 0.3) is 0 Å². The number of phenolic OH excluding ortho intramolecular Hbond substituents is 3. The minimum Gasteiger partial charge on any atom is -0.508 e. The third kappa shape index (κ3) is 3.55. The highest BCUT2D eigenvalue weighted by atomic mass is 16.5. The van der Waals surface area contributed by atoms with Crippen LogP contribution in [0, 0.1) is 0 Å². The zero-order valence-corrected chi connectivity index (χ0v) is 16.8. The summed E-state index contributed by atoms with van der Waals surface area (Å²) in [5.41, 5.74) is -0.623. The molecule has 4 aromatic rings. The smallest absolute Gasteiger partial charge is 0.344 e. The quantitative estimate of drug-likeness (QED) is 0.346. The highest BCUT2D eigenvalue weighted by Gasteiger charge is 2.42. The van der Waals surface area contributed by atoms with E-state index in [-0.39, 0.29) is 40.1 Å². The summed E-state index contributed by atoms with van der Waals surface area (Å²) in [7, 11) is 0. The Balaban J connectivity index is 1.70. The molecule has 0 unspecified atom stereocenters. The van der Waals surface area contributed by atoms with Gasteiger partial charge in [-0.3, -0.25) is 0 Å². The van der Waals surface area contributed by atoms with Crippen molar-refractivity contribution in [2.75, 3.05) is 0 Å². The van der Waals surface area contributed by atoms with Crippen LogP contribution in [0.2, 0.25) is 0 Å². The lowest BCUT2D eigenvalue weighted by molar-refractivity contribution is 0.208. The lowest BCUT2D eigenvalue weighted by Crippen LogP contribution is -2.17. The van der Waals surface area contributed by atoms with Gasteiger partial charge in [0.05, 0.1) is 17.5 Å². The highest BCUT2D eigenvalue weighted by Crippen LogP contribution is 2.49. The van der Waals surface area contributed by atoms with Gasteiger partial charge in [-0.1, -0.05) is 6.07 Å². The molecule has 9 nitrogen and oxygen atoms in total. The standard InChI is InChI=1S/C24H16O9/c25-13-4-1-11(2-5-13)17-10-19-22(24(30)33-17)21(18-8-14(26)9-20(29)31-18)23(32-19)12-3-6-15(27)16(28)7-12/h1-10,21,23,25-28H/t21-,23-/m0/s1. The van der Waals surface area contributed by atoms with Crippen molar-refractivity contribution in [3.63, 3.8) is 0 Å². The van der Waals surface area contributed by atoms with Crippen molar-refractivity contribution in [1.29, 1.82) is 0 Å². The van der Waals surface area contributed by atoms with Crippen molar-refractivity contribution in [2.24, 2.45) is 0 Å². The summed E-state index contributed by atoms with van der Waals surface area (Å²) in [5, 5.41) is 39.1. The maximum atomic E-state index is 13.1. The van der Waals surface area contributed by atoms with E-state index in [1.165, 1.54) is 42.5 Å². The highest BCUT2D eigenvalue weighted by molar-refractivity contribution is 5.62. The topological polar surface area (TPSA) is 151 Å². The summed E-state index contributed by atoms with van der Waals surface area (Å²) in [6.45, 7) is 0. The number of hydrogen-bond acceptors (Lipinski definition) is 9. The van der Waals surface area contributed by atoms with Gasteiger partial charge >= 0.3 is 11.3 Å². The van der Waals surface area contributed by atoms with E-state index in [0.717, 1.165) is 6.07 Å². The van der Waals surface area contributed by atoms with Gasteiger partial charge in [-0.05, 0) is 42.0 Å². The summed E-state index contributed by atoms with van der Waals surface area (Å²) < 4.78 is 16.8. The largest absolute Gasteiger partial charge is 0.508 e. The lowest BCUT2D eigenvalue weighted by atomic mass is 9.89. The van der Waals surface area contributed by atoms with Crippen LogP contribution in [-0.2, 0) is 0 Å². The Hall–Kier alpha value is -4.66. The number of hydrogen-bond donors (Lipinski definition) is 4. The van der Waals surface area contributed by atoms with Gasteiger partial charge in [0.15, 0.2) is 11.5 Å². The van der Waals surface area contributed by atoms with Crippen LogP contribution in [0.4, 0.5) is 0 Å². The van der Waals surface area contributed by atoms with Crippen LogP contribution in [0.15, 0.2) is 79.1 Å². The minimum atomic E-state index is -0.992. The van der Waals surface area contributed by atoms with Gasteiger partial charge in [0.2, 0.25) is 0 Å². The molecule has 33 heavy (non-hydrogen) atoms. The molecule has 3 heterocycles. The zero-order chi connectivity index (χ0) is 23.3. The Kier molecular flexibility index (Phi) is 4.59. The normalized spacial score (nSPS) is 16.8. The molecule has 2 aromatic carbocycles. The van der Waals surface area contributed by atoms with E-state index in [2.05, 4.69) is 0 Å². The number of benzene rings is 2. The van der Waals surface area contributed by atoms with Gasteiger partial charge in [0.1, 0.15) is 34.9 Å². The van der Waals surface area contributed by atoms with E-state index in [9.17, 15) is 30.0 Å². The summed E-state index contributed by atoms with van der Waals surface area (Å²) in [5.74, 6) is -1.75. The Bertz CT molecular complexity index is 1480. The summed E-state index contributed by atoms with van der Waals surface area (Å²) in [6.07, 6.45) is -0.950. The van der Waals surface area contributed by atoms with Crippen LogP contribution < -0.4 is 16.0 Å². The molecule has 0 saturated heterocycles. The fourth-order valence-electron chi connectivity index (χ4n) is 3.89. The van der Waals surface area contributed by atoms with Crippen LogP contribution >= 0.6 is 0 Å². The maximum Gasteiger partial charge on any atom is 0.344 e. The fraction of sp³-hybridized carbons (Fsp3) is 0.0833. The molecule has 1 aliphatic heterocycles. The second-order valence-corrected chi connectivity index (χ2v) is 7.52. The van der Waals surface area contributed by atoms with Crippen LogP contribution in [0.3, 0.4) is 0 Å². The molecule has 0 fully saturated rings. The molecular weight excluding hydrogens is 432 g/mol. The van der Waals surface area contributed by atoms with E-state index in [4.69, 9.17) is 13.6 Å². The molecule has 4 N–H and O–H groups in total. The molecule has 0 spiro atoms. The molecule has 9 heteroatoms. The molecule has 2 atom stereocenters. The fourth-order valence-corrected chi connectivity index (χ4v) is 3.89. The second-order valence-electron chi connectivity index (χ2n) is 7.52. The van der Waals surface area contributed by atoms with E-state index in [1.54, 1.807) is 12.1 Å². The van der Waals surface area contributed by atoms with Crippen molar-refractivity contribution >= 4 is 0 Å². The number of aromatic hydroxyl groups is 4. The number of rotatable bonds is 3. The Morgan fingerprint density at radius 1 is 0.727 bits per heavy atom. The van der Waals surface area contributed by atoms with Crippen molar-refractivity contribution < 1.29 is 34.0 Å². The summed E-state index contributed by atoms with van der Waals surface area (Å²) in [4.78, 5) is 25.0. The summed E-state index contributed by atoms with van der Waals surface area (Å²) >= 11 is 0. The van der Waals surface area contributed by atoms with Gasteiger partial charge in [-0.25, -0.2) is 9.59 Å². The first-order chi connectivity index (χ1) is 15.8. The second kappa shape index (κ2) is 7.49. The molecule has 0 saturated carbocycles. The number of fused-ring (bicyclic) bond motifs is 1. The number of ether oxygens (including phenoxy) is 1. The van der Waals surface area contributed by atoms with Crippen LogP contribution in [0.25, 0.3) is 11.3 Å². The monoisotopic (exact) mass is 448 g/mol. The zero-order valence-electron chi connectivity index (χ0n) is 16.8. The average molecular weight is 448 g/mol. The first-order valence-electron chi connectivity index (χ1n) is 9.80. The van der Waals surface area contributed by atoms with Crippen molar-refractivity contribution in [1.82, 2.24) is 0 Å². The van der Waals surface area contributed by atoms with Crippen molar-refractivity contribution in [3.8, 4) is 40.1 Å². The van der Waals surface area contributed by atoms with Crippen LogP contribution in [0.1, 0.15) is 28.9 Å². The Morgan fingerprint density at radius 3 is 2.18 bits per heavy atom. The first-order valence-corrected chi connectivity index (χ1v) is 9.80. The Morgan fingerprint density at radius 2 is 1.48 bits per heavy atom. The molecule has 2 aromatic heterocycles. The summed E-state index contributed by atoms with van der Waals surface area (Å²) in [6, 6.07) is 13.6. The predicted octanol–water partition coefficient (Wildman–Crippen LogP) is 3.35. The van der Waals surface area contributed by atoms with E-state index < -0.39 is 29.0 Å². The molecular formula is C24H16O9. The molecule has 0 bridgehead atoms. The molecule has 0 amide bonds. The maximum absolute atomic E-state index is 13.1. The third-order valence-corrected chi connectivity index (χ3v) is 5.38. The molecule has 1 aliphatic rings. The van der Waals surface area contributed by atoms with Crippen LogP contribution in [-0.4, -0.2) is 20.4 Å². The molecule has 0 radical (unpaired) electrons. The lowest BCUT2D eigenvalue weighted by Gasteiger charge is -2.18. The Labute approximate surface area is 185 Å². The number of phenols is 3. The van der Waals surface area contributed by atoms with Gasteiger partial charge in [-0.2, -0.15) is 0 Å². The van der Waals surface area contributed by atoms with Gasteiger partial charge in [0, 0.05) is 17.7 Å². The van der Waals surface area contributed by atoms with E-state index >= 15 is 0 Å². The SMILES string of the molecule is O=c1cc(O)cc([C@H]2c3c(cc(-c4ccc(O)cc4)oc3=O)O[C@H]2c2ccc(O)c(O)c2)o1. The molecule has 5 rings (SSSR count). The van der Waals surface area contributed by atoms with Gasteiger partial charge in [-0.15, -0.1) is 0 Å². The van der Waals surface area contributed by atoms with E-state index in [1.807, 2.05) is 0 Å². The van der Waals surface area contributed by atoms with Crippen LogP contribution in [0.5, 0.6) is 28.7 Å². The van der Waals surface area contributed by atoms with Gasteiger partial charge < -0.3 is 34.0 Å². The van der Waals surface area contributed by atoms with E-state index in [0.29, 0.717) is 11.1 Å². The van der Waals surface area contributed by atoms with Crippen molar-refractivity contribution in [3.05, 3.63) is 98.4 Å². The molecule has 166 valence electrons. The third-order valence-electron chi connectivity index (χ3n) is 5.38. The predicted molar refractivity (Wildman–Crippen MR) is 114 cm³/mol. The van der Waals surface area contributed by atoms with Crippen molar-refractivity contribution in [2.45, 2.75) is 12.0 Å². The molecule has 0 aliphatic carbocycles. The minimum absolute atomic E-state index is 0.0407. The average Bonchev–Trinajstić information content (AvgIpc) is 3.16. The first kappa shape index (κ1) is 20.3.